The first-order valence-electron chi connectivity index (χ1n) is 7.77. The molecule has 3 nitrogen and oxygen atoms in total. The van der Waals surface area contributed by atoms with Gasteiger partial charge in [-0.05, 0) is 24.0 Å². The first-order chi connectivity index (χ1) is 11.1. The van der Waals surface area contributed by atoms with Crippen molar-refractivity contribution >= 4 is 11.8 Å². The van der Waals surface area contributed by atoms with Crippen molar-refractivity contribution in [2.24, 2.45) is 0 Å². The van der Waals surface area contributed by atoms with Crippen LogP contribution in [0.2, 0.25) is 0 Å². The van der Waals surface area contributed by atoms with E-state index < -0.39 is 0 Å². The van der Waals surface area contributed by atoms with E-state index in [1.54, 1.807) is 18.2 Å². The van der Waals surface area contributed by atoms with Gasteiger partial charge in [0, 0.05) is 17.6 Å². The van der Waals surface area contributed by atoms with Crippen LogP contribution in [0.4, 0.5) is 0 Å². The molecule has 3 heteroatoms. The smallest absolute Gasteiger partial charge is 0.334 e. The summed E-state index contributed by atoms with van der Waals surface area (Å²) >= 11 is 0. The second-order valence-electron chi connectivity index (χ2n) is 5.17. The molecule has 1 aliphatic carbocycles. The molecule has 0 saturated carbocycles. The van der Waals surface area contributed by atoms with Gasteiger partial charge in [0.2, 0.25) is 0 Å². The molecule has 23 heavy (non-hydrogen) atoms. The highest BCUT2D eigenvalue weighted by molar-refractivity contribution is 6.00. The number of Topliss-reactive ketones (excluding diaryl/α,β-unsaturated/α-hetero) is 1. The SMILES string of the molecule is C=C/C(C(=O)CCCC)=C(\C=C)C1=CC=C(C(=O)OC)CC=C1. The van der Waals surface area contributed by atoms with Crippen LogP contribution in [0.5, 0.6) is 0 Å². The summed E-state index contributed by atoms with van der Waals surface area (Å²) in [5.41, 5.74) is 2.71. The Balaban J connectivity index is 3.23. The predicted octanol–water partition coefficient (Wildman–Crippen LogP) is 4.40. The van der Waals surface area contributed by atoms with Gasteiger partial charge >= 0.3 is 5.97 Å². The van der Waals surface area contributed by atoms with Gasteiger partial charge in [0.05, 0.1) is 7.11 Å². The van der Waals surface area contributed by atoms with Crippen LogP contribution in [0.25, 0.3) is 0 Å². The number of ether oxygens (including phenoxy) is 1. The largest absolute Gasteiger partial charge is 0.466 e. The minimum atomic E-state index is -0.348. The lowest BCUT2D eigenvalue weighted by Gasteiger charge is -2.09. The number of carbonyl (C=O) groups excluding carboxylic acids is 2. The van der Waals surface area contributed by atoms with Crippen molar-refractivity contribution in [3.05, 3.63) is 71.9 Å². The Morgan fingerprint density at radius 1 is 1.26 bits per heavy atom. The van der Waals surface area contributed by atoms with E-state index in [1.807, 2.05) is 18.2 Å². The quantitative estimate of drug-likeness (QED) is 0.379. The number of rotatable bonds is 8. The van der Waals surface area contributed by atoms with Crippen LogP contribution in [0.15, 0.2) is 71.9 Å². The highest BCUT2D eigenvalue weighted by atomic mass is 16.5. The van der Waals surface area contributed by atoms with Crippen LogP contribution >= 0.6 is 0 Å². The van der Waals surface area contributed by atoms with E-state index in [0.717, 1.165) is 24.0 Å². The Hall–Kier alpha value is -2.42. The van der Waals surface area contributed by atoms with Crippen LogP contribution in [0.1, 0.15) is 32.6 Å². The fourth-order valence-electron chi connectivity index (χ4n) is 2.32. The molecule has 122 valence electrons. The minimum absolute atomic E-state index is 0.0625. The van der Waals surface area contributed by atoms with Gasteiger partial charge in [0.15, 0.2) is 5.78 Å². The van der Waals surface area contributed by atoms with Gasteiger partial charge in [-0.15, -0.1) is 0 Å². The first-order valence-corrected chi connectivity index (χ1v) is 7.77. The molecule has 0 aliphatic heterocycles. The number of unbranched alkanes of at least 4 members (excludes halogenated alkanes) is 1. The van der Waals surface area contributed by atoms with E-state index in [1.165, 1.54) is 7.11 Å². The van der Waals surface area contributed by atoms with Gasteiger partial charge in [-0.25, -0.2) is 4.79 Å². The van der Waals surface area contributed by atoms with Gasteiger partial charge in [-0.2, -0.15) is 0 Å². The fraction of sp³-hybridized carbons (Fsp3) is 0.300. The highest BCUT2D eigenvalue weighted by Gasteiger charge is 2.14. The molecule has 0 radical (unpaired) electrons. The molecule has 0 saturated heterocycles. The Morgan fingerprint density at radius 2 is 2.00 bits per heavy atom. The van der Waals surface area contributed by atoms with Crippen LogP contribution < -0.4 is 0 Å². The highest BCUT2D eigenvalue weighted by Crippen LogP contribution is 2.24. The van der Waals surface area contributed by atoms with Gasteiger partial charge < -0.3 is 4.74 Å². The summed E-state index contributed by atoms with van der Waals surface area (Å²) in [7, 11) is 1.36. The molecule has 0 spiro atoms. The van der Waals surface area contributed by atoms with Crippen molar-refractivity contribution in [3.63, 3.8) is 0 Å². The Kier molecular flexibility index (Phi) is 7.75. The zero-order valence-corrected chi connectivity index (χ0v) is 13.9. The number of carbonyl (C=O) groups is 2. The van der Waals surface area contributed by atoms with Crippen molar-refractivity contribution in [1.29, 1.82) is 0 Å². The van der Waals surface area contributed by atoms with Crippen LogP contribution in [0.3, 0.4) is 0 Å². The lowest BCUT2D eigenvalue weighted by molar-refractivity contribution is -0.136. The van der Waals surface area contributed by atoms with Crippen LogP contribution in [0, 0.1) is 0 Å². The molecule has 1 aliphatic rings. The summed E-state index contributed by atoms with van der Waals surface area (Å²) in [6.45, 7) is 9.64. The van der Waals surface area contributed by atoms with E-state index in [9.17, 15) is 9.59 Å². The number of esters is 1. The van der Waals surface area contributed by atoms with Crippen molar-refractivity contribution in [1.82, 2.24) is 0 Å². The molecule has 1 rings (SSSR count). The van der Waals surface area contributed by atoms with Gasteiger partial charge in [-0.1, -0.05) is 63.0 Å². The number of ketones is 1. The Labute approximate surface area is 138 Å². The third kappa shape index (κ3) is 5.06. The molecule has 0 bridgehead atoms. The van der Waals surface area contributed by atoms with E-state index in [4.69, 9.17) is 4.74 Å². The lowest BCUT2D eigenvalue weighted by Crippen LogP contribution is -2.04. The molecule has 0 atom stereocenters. The van der Waals surface area contributed by atoms with E-state index >= 15 is 0 Å². The lowest BCUT2D eigenvalue weighted by atomic mass is 9.94. The Morgan fingerprint density at radius 3 is 2.57 bits per heavy atom. The second kappa shape index (κ2) is 9.57. The van der Waals surface area contributed by atoms with Crippen molar-refractivity contribution < 1.29 is 14.3 Å². The number of hydrogen-bond acceptors (Lipinski definition) is 3. The van der Waals surface area contributed by atoms with Gasteiger partial charge in [0.25, 0.3) is 0 Å². The molecule has 0 heterocycles. The molecule has 0 N–H and O–H groups in total. The number of hydrogen-bond donors (Lipinski definition) is 0. The molecule has 0 aromatic heterocycles. The third-order valence-electron chi connectivity index (χ3n) is 3.61. The van der Waals surface area contributed by atoms with Crippen LogP contribution in [-0.2, 0) is 14.3 Å². The van der Waals surface area contributed by atoms with Crippen molar-refractivity contribution in [2.75, 3.05) is 7.11 Å². The number of methoxy groups -OCH3 is 1. The Bertz CT molecular complexity index is 613. The zero-order valence-electron chi connectivity index (χ0n) is 13.9. The monoisotopic (exact) mass is 312 g/mol. The fourth-order valence-corrected chi connectivity index (χ4v) is 2.32. The molecule has 0 aromatic carbocycles. The maximum Gasteiger partial charge on any atom is 0.334 e. The van der Waals surface area contributed by atoms with E-state index in [0.29, 0.717) is 24.0 Å². The minimum Gasteiger partial charge on any atom is -0.466 e. The molecular formula is C20H24O3. The molecule has 0 unspecified atom stereocenters. The maximum atomic E-state index is 12.4. The maximum absolute atomic E-state index is 12.4. The van der Waals surface area contributed by atoms with Crippen LogP contribution in [-0.4, -0.2) is 18.9 Å². The normalized spacial score (nSPS) is 14.9. The first kappa shape index (κ1) is 18.6. The average Bonchev–Trinajstić information content (AvgIpc) is 2.82. The standard InChI is InChI=1S/C20H24O3/c1-5-8-12-19(21)18(7-3)17(6-2)15-10-9-11-16(14-13-15)20(22)23-4/h6-7,9-10,13-14H,2-3,5,8,11-12H2,1,4H3/b18-17-. The van der Waals surface area contributed by atoms with Crippen molar-refractivity contribution in [2.45, 2.75) is 32.6 Å². The summed E-state index contributed by atoms with van der Waals surface area (Å²) in [4.78, 5) is 24.0. The van der Waals surface area contributed by atoms with Gasteiger partial charge in [0.1, 0.15) is 0 Å². The second-order valence-corrected chi connectivity index (χ2v) is 5.17. The third-order valence-corrected chi connectivity index (χ3v) is 3.61. The number of allylic oxidation sites excluding steroid dienone is 9. The van der Waals surface area contributed by atoms with Crippen molar-refractivity contribution in [3.8, 4) is 0 Å². The predicted molar refractivity (Wildman–Crippen MR) is 93.9 cm³/mol. The topological polar surface area (TPSA) is 43.4 Å². The van der Waals surface area contributed by atoms with E-state index in [2.05, 4.69) is 20.1 Å². The molecule has 0 fully saturated rings. The molecular weight excluding hydrogens is 288 g/mol. The molecule has 0 amide bonds. The summed E-state index contributed by atoms with van der Waals surface area (Å²) < 4.78 is 4.75. The summed E-state index contributed by atoms with van der Waals surface area (Å²) in [5, 5.41) is 0. The summed E-state index contributed by atoms with van der Waals surface area (Å²) in [5.74, 6) is -0.285. The summed E-state index contributed by atoms with van der Waals surface area (Å²) in [6, 6.07) is 0. The van der Waals surface area contributed by atoms with E-state index in [-0.39, 0.29) is 11.8 Å². The summed E-state index contributed by atoms with van der Waals surface area (Å²) in [6.07, 6.45) is 13.3. The zero-order chi connectivity index (χ0) is 17.2. The van der Waals surface area contributed by atoms with Gasteiger partial charge in [-0.3, -0.25) is 4.79 Å². The average molecular weight is 312 g/mol. The molecule has 0 aromatic rings.